The number of rotatable bonds is 7. The van der Waals surface area contributed by atoms with Crippen molar-refractivity contribution < 1.29 is 32.3 Å². The van der Waals surface area contributed by atoms with Gasteiger partial charge >= 0.3 is 6.03 Å². The minimum atomic E-state index is -2.96. The summed E-state index contributed by atoms with van der Waals surface area (Å²) in [5, 5.41) is 6.00. The Morgan fingerprint density at radius 1 is 0.980 bits per heavy atom. The predicted octanol–water partition coefficient (Wildman–Crippen LogP) is 6.09. The van der Waals surface area contributed by atoms with E-state index in [4.69, 9.17) is 17.3 Å². The molecule has 4 aromatic rings. The van der Waals surface area contributed by atoms with E-state index in [1.807, 2.05) is 0 Å². The Morgan fingerprint density at radius 3 is 2.51 bits per heavy atom. The van der Waals surface area contributed by atoms with Crippen LogP contribution in [-0.2, 0) is 16.1 Å². The van der Waals surface area contributed by atoms with Gasteiger partial charge in [-0.3, -0.25) is 14.4 Å². The van der Waals surface area contributed by atoms with Crippen LogP contribution in [0.2, 0.25) is 5.02 Å². The van der Waals surface area contributed by atoms with Crippen molar-refractivity contribution in [2.45, 2.75) is 50.2 Å². The van der Waals surface area contributed by atoms with Crippen molar-refractivity contribution >= 4 is 57.6 Å². The van der Waals surface area contributed by atoms with Crippen LogP contribution in [0, 0.1) is 11.7 Å². The Labute approximate surface area is 284 Å². The number of halogens is 4. The summed E-state index contributed by atoms with van der Waals surface area (Å²) in [5.41, 5.74) is 7.16. The first-order chi connectivity index (χ1) is 23.4. The van der Waals surface area contributed by atoms with Crippen LogP contribution in [0.3, 0.4) is 0 Å². The number of nitrogens with two attached hydrogens (primary N) is 1. The summed E-state index contributed by atoms with van der Waals surface area (Å²) in [5.74, 6) is -5.11. The van der Waals surface area contributed by atoms with Gasteiger partial charge in [-0.15, -0.1) is 0 Å². The summed E-state index contributed by atoms with van der Waals surface area (Å²) in [6.45, 7) is -0.717. The van der Waals surface area contributed by atoms with Crippen molar-refractivity contribution in [3.05, 3.63) is 83.3 Å². The van der Waals surface area contributed by atoms with Crippen LogP contribution < -0.4 is 16.4 Å². The van der Waals surface area contributed by atoms with Gasteiger partial charge in [-0.05, 0) is 55.5 Å². The van der Waals surface area contributed by atoms with E-state index in [-0.39, 0.29) is 66.3 Å². The number of hydrogen-bond donors (Lipinski definition) is 3. The van der Waals surface area contributed by atoms with Gasteiger partial charge in [-0.25, -0.2) is 18.0 Å². The van der Waals surface area contributed by atoms with Crippen LogP contribution in [0.15, 0.2) is 66.9 Å². The normalized spacial score (nSPS) is 20.9. The fraction of sp³-hybridized carbons (Fsp3) is 0.314. The lowest BCUT2D eigenvalue weighted by atomic mass is 10.0. The van der Waals surface area contributed by atoms with E-state index in [1.165, 1.54) is 23.2 Å². The SMILES string of the molecule is NC(=O)c1cn(CC(=O)N2[C@@H]3C[C@@H]3C[C@H]2C(=O)Nc2cccc(-c3ccccc3Cl)c2F)c2ccc(NC(=O)N3CCCC(F)(F)C3)cc12. The molecule has 0 spiro atoms. The quantitative estimate of drug-likeness (QED) is 0.217. The van der Waals surface area contributed by atoms with E-state index in [0.717, 1.165) is 11.3 Å². The third kappa shape index (κ3) is 6.30. The molecule has 0 unspecified atom stereocenters. The van der Waals surface area contributed by atoms with Gasteiger partial charge in [0.1, 0.15) is 12.6 Å². The molecular formula is C35H32ClF3N6O4. The minimum absolute atomic E-state index is 0.0326. The molecule has 1 aromatic heterocycles. The fourth-order valence-corrected chi connectivity index (χ4v) is 7.29. The van der Waals surface area contributed by atoms with Gasteiger partial charge < -0.3 is 30.7 Å². The van der Waals surface area contributed by atoms with Crippen molar-refractivity contribution in [1.29, 1.82) is 0 Å². The van der Waals surface area contributed by atoms with Crippen LogP contribution in [0.1, 0.15) is 36.0 Å². The number of benzene rings is 3. The maximum absolute atomic E-state index is 15.6. The van der Waals surface area contributed by atoms with Crippen molar-refractivity contribution in [2.24, 2.45) is 11.7 Å². The lowest BCUT2D eigenvalue weighted by molar-refractivity contribution is -0.138. The maximum atomic E-state index is 15.6. The van der Waals surface area contributed by atoms with Gasteiger partial charge in [0.25, 0.3) is 11.8 Å². The molecule has 4 N–H and O–H groups in total. The molecule has 3 aromatic carbocycles. The number of nitrogens with zero attached hydrogens (tertiary/aromatic N) is 3. The number of carbonyl (C=O) groups is 4. The van der Waals surface area contributed by atoms with Gasteiger partial charge in [0.05, 0.1) is 17.8 Å². The summed E-state index contributed by atoms with van der Waals surface area (Å²) in [6.07, 6.45) is 2.51. The number of urea groups is 1. The molecule has 3 heterocycles. The van der Waals surface area contributed by atoms with Gasteiger partial charge in [0.2, 0.25) is 11.8 Å². The molecule has 0 radical (unpaired) electrons. The van der Waals surface area contributed by atoms with Crippen molar-refractivity contribution in [1.82, 2.24) is 14.4 Å². The monoisotopic (exact) mass is 692 g/mol. The topological polar surface area (TPSA) is 130 Å². The molecule has 2 aliphatic heterocycles. The first kappa shape index (κ1) is 32.5. The predicted molar refractivity (Wildman–Crippen MR) is 178 cm³/mol. The summed E-state index contributed by atoms with van der Waals surface area (Å²) >= 11 is 6.29. The number of carbonyl (C=O) groups excluding carboxylic acids is 4. The molecule has 254 valence electrons. The molecular weight excluding hydrogens is 661 g/mol. The second-order valence-electron chi connectivity index (χ2n) is 12.8. The third-order valence-corrected chi connectivity index (χ3v) is 9.83. The molecule has 5 amide bonds. The Bertz CT molecular complexity index is 2020. The zero-order valence-corrected chi connectivity index (χ0v) is 26.9. The number of fused-ring (bicyclic) bond motifs is 2. The number of primary amides is 1. The van der Waals surface area contributed by atoms with Crippen LogP contribution in [-0.4, -0.2) is 69.2 Å². The molecule has 7 rings (SSSR count). The number of nitrogens with one attached hydrogen (secondary N) is 2. The largest absolute Gasteiger partial charge is 0.366 e. The molecule has 2 saturated heterocycles. The van der Waals surface area contributed by atoms with E-state index in [0.29, 0.717) is 27.9 Å². The van der Waals surface area contributed by atoms with Gasteiger partial charge in [-0.1, -0.05) is 41.9 Å². The number of aromatic nitrogens is 1. The van der Waals surface area contributed by atoms with Gasteiger partial charge in [0.15, 0.2) is 5.82 Å². The van der Waals surface area contributed by atoms with E-state index in [2.05, 4.69) is 10.6 Å². The van der Waals surface area contributed by atoms with E-state index >= 15 is 4.39 Å². The number of anilines is 2. The highest BCUT2D eigenvalue weighted by atomic mass is 35.5. The summed E-state index contributed by atoms with van der Waals surface area (Å²) in [4.78, 5) is 55.1. The Hall–Kier alpha value is -5.04. The summed E-state index contributed by atoms with van der Waals surface area (Å²) in [6, 6.07) is 14.4. The van der Waals surface area contributed by atoms with Crippen LogP contribution >= 0.6 is 11.6 Å². The van der Waals surface area contributed by atoms with E-state index in [9.17, 15) is 28.0 Å². The van der Waals surface area contributed by atoms with Crippen LogP contribution in [0.4, 0.5) is 29.3 Å². The fourth-order valence-electron chi connectivity index (χ4n) is 7.05. The van der Waals surface area contributed by atoms with Crippen LogP contribution in [0.25, 0.3) is 22.0 Å². The Kier molecular flexibility index (Phi) is 8.26. The molecule has 1 saturated carbocycles. The average Bonchev–Trinajstić information content (AvgIpc) is 3.57. The van der Waals surface area contributed by atoms with Crippen LogP contribution in [0.5, 0.6) is 0 Å². The number of alkyl halides is 2. The molecule has 14 heteroatoms. The van der Waals surface area contributed by atoms with Gasteiger partial charge in [-0.2, -0.15) is 0 Å². The number of hydrogen-bond acceptors (Lipinski definition) is 4. The molecule has 3 aliphatic rings. The average molecular weight is 693 g/mol. The molecule has 3 atom stereocenters. The zero-order chi connectivity index (χ0) is 34.6. The Balaban J connectivity index is 1.09. The first-order valence-corrected chi connectivity index (χ1v) is 16.3. The highest BCUT2D eigenvalue weighted by Crippen LogP contribution is 2.48. The molecule has 1 aliphatic carbocycles. The minimum Gasteiger partial charge on any atom is -0.366 e. The number of amides is 5. The van der Waals surface area contributed by atoms with Crippen molar-refractivity contribution in [3.8, 4) is 11.1 Å². The molecule has 10 nitrogen and oxygen atoms in total. The lowest BCUT2D eigenvalue weighted by Gasteiger charge is -2.32. The molecule has 3 fully saturated rings. The lowest BCUT2D eigenvalue weighted by Crippen LogP contribution is -2.47. The number of likely N-dealkylation sites (tertiary alicyclic amines) is 2. The van der Waals surface area contributed by atoms with Gasteiger partial charge in [0, 0.05) is 57.9 Å². The van der Waals surface area contributed by atoms with Crippen molar-refractivity contribution in [3.63, 3.8) is 0 Å². The highest BCUT2D eigenvalue weighted by molar-refractivity contribution is 6.33. The highest BCUT2D eigenvalue weighted by Gasteiger charge is 2.56. The second kappa shape index (κ2) is 12.4. The standard InChI is InChI=1S/C35H32ClF3N6O4/c36-25-7-2-1-5-21(25)22-6-3-8-26(31(22)37)42-33(48)29-14-19-13-28(19)45(29)30(46)17-44-16-24(32(40)47)23-15-20(9-10-27(23)44)41-34(49)43-12-4-11-35(38,39)18-43/h1-3,5-10,15-16,19,28-29H,4,11-14,17-18H2,(H2,40,47)(H,41,49)(H,42,48)/t19-,28-,29+/m1/s1. The molecule has 49 heavy (non-hydrogen) atoms. The first-order valence-electron chi connectivity index (χ1n) is 15.9. The summed E-state index contributed by atoms with van der Waals surface area (Å²) in [7, 11) is 0. The van der Waals surface area contributed by atoms with E-state index in [1.54, 1.807) is 53.1 Å². The maximum Gasteiger partial charge on any atom is 0.322 e. The second-order valence-corrected chi connectivity index (χ2v) is 13.2. The molecule has 0 bridgehead atoms. The zero-order valence-electron chi connectivity index (χ0n) is 26.1. The smallest absolute Gasteiger partial charge is 0.322 e. The van der Waals surface area contributed by atoms with E-state index < -0.39 is 42.2 Å². The number of piperidine rings is 2. The Morgan fingerprint density at radius 2 is 1.76 bits per heavy atom. The summed E-state index contributed by atoms with van der Waals surface area (Å²) < 4.78 is 44.9. The van der Waals surface area contributed by atoms with Crippen molar-refractivity contribution in [2.75, 3.05) is 23.7 Å². The third-order valence-electron chi connectivity index (χ3n) is 9.50.